The minimum atomic E-state index is -0.0923. The summed E-state index contributed by atoms with van der Waals surface area (Å²) in [6, 6.07) is 0. The summed E-state index contributed by atoms with van der Waals surface area (Å²) in [6.07, 6.45) is 2.13. The molecule has 0 bridgehead atoms. The van der Waals surface area contributed by atoms with E-state index in [-0.39, 0.29) is 12.4 Å². The fraction of sp³-hybridized carbons (Fsp3) is 1.00. The van der Waals surface area contributed by atoms with Gasteiger partial charge in [0.05, 0.1) is 6.10 Å². The van der Waals surface area contributed by atoms with Gasteiger partial charge in [0.25, 0.3) is 0 Å². The summed E-state index contributed by atoms with van der Waals surface area (Å²) in [4.78, 5) is 0. The third-order valence-electron chi connectivity index (χ3n) is 2.18. The fourth-order valence-electron chi connectivity index (χ4n) is 1.46. The van der Waals surface area contributed by atoms with Gasteiger partial charge in [-0.25, -0.2) is 2.51 Å². The molecule has 1 saturated carbocycles. The molecule has 1 fully saturated rings. The van der Waals surface area contributed by atoms with Crippen molar-refractivity contribution in [3.8, 4) is 0 Å². The number of methoxy groups -OCH3 is 2. The van der Waals surface area contributed by atoms with Gasteiger partial charge >= 0.3 is 0 Å². The van der Waals surface area contributed by atoms with Gasteiger partial charge in [0, 0.05) is 20.1 Å². The predicted octanol–water partition coefficient (Wildman–Crippen LogP) is 2.33. The molecule has 0 aromatic carbocycles. The molecule has 78 valence electrons. The van der Waals surface area contributed by atoms with E-state index in [2.05, 4.69) is 0 Å². The van der Waals surface area contributed by atoms with Gasteiger partial charge < -0.3 is 9.47 Å². The predicted molar refractivity (Wildman–Crippen MR) is 58.1 cm³/mol. The molecule has 0 spiro atoms. The standard InChI is InChI=1S/C7H13IO4S/c1-9-7(10-2)5-3-6(4-5)11-13-12-8/h5-7H,3-4H2,1-2H3. The molecule has 0 amide bonds. The molecule has 6 heteroatoms. The number of hydrogen-bond donors (Lipinski definition) is 0. The van der Waals surface area contributed by atoms with Crippen molar-refractivity contribution in [1.29, 1.82) is 0 Å². The maximum Gasteiger partial charge on any atom is 0.169 e. The van der Waals surface area contributed by atoms with Gasteiger partial charge in [-0.15, -0.1) is 0 Å². The van der Waals surface area contributed by atoms with Gasteiger partial charge in [-0.05, 0) is 12.8 Å². The van der Waals surface area contributed by atoms with E-state index < -0.39 is 0 Å². The topological polar surface area (TPSA) is 36.9 Å². The highest BCUT2D eigenvalue weighted by Gasteiger charge is 2.36. The van der Waals surface area contributed by atoms with E-state index in [0.29, 0.717) is 5.92 Å². The summed E-state index contributed by atoms with van der Waals surface area (Å²) in [7, 11) is 3.32. The van der Waals surface area contributed by atoms with Crippen molar-refractivity contribution in [3.05, 3.63) is 0 Å². The molecule has 0 radical (unpaired) electrons. The Morgan fingerprint density at radius 3 is 2.38 bits per heavy atom. The normalized spacial score (nSPS) is 27.7. The number of halogens is 1. The molecule has 4 nitrogen and oxygen atoms in total. The van der Waals surface area contributed by atoms with E-state index in [1.165, 1.54) is 0 Å². The van der Waals surface area contributed by atoms with Crippen LogP contribution in [0.15, 0.2) is 0 Å². The Hall–Kier alpha value is 0.920. The van der Waals surface area contributed by atoms with Crippen molar-refractivity contribution >= 4 is 35.3 Å². The van der Waals surface area contributed by atoms with Crippen LogP contribution in [0.5, 0.6) is 0 Å². The molecule has 0 saturated heterocycles. The van der Waals surface area contributed by atoms with Crippen LogP contribution in [-0.4, -0.2) is 26.6 Å². The third kappa shape index (κ3) is 3.52. The van der Waals surface area contributed by atoms with E-state index in [4.69, 9.17) is 16.2 Å². The van der Waals surface area contributed by atoms with Crippen molar-refractivity contribution in [3.63, 3.8) is 0 Å². The Bertz CT molecular complexity index is 138. The molecule has 0 heterocycles. The van der Waals surface area contributed by atoms with Gasteiger partial charge in [-0.3, -0.25) is 4.18 Å². The Morgan fingerprint density at radius 1 is 1.31 bits per heavy atom. The summed E-state index contributed by atoms with van der Waals surface area (Å²) >= 11 is 2.81. The number of hydrogen-bond acceptors (Lipinski definition) is 5. The zero-order chi connectivity index (χ0) is 9.68. The summed E-state index contributed by atoms with van der Waals surface area (Å²) in [5, 5.41) is 0. The molecular formula is C7H13IO4S. The van der Waals surface area contributed by atoms with Crippen molar-refractivity contribution in [1.82, 2.24) is 0 Å². The Labute approximate surface area is 96.7 Å². The molecule has 1 rings (SSSR count). The van der Waals surface area contributed by atoms with Gasteiger partial charge in [0.15, 0.2) is 18.6 Å². The monoisotopic (exact) mass is 320 g/mol. The van der Waals surface area contributed by atoms with Crippen LogP contribution in [0.3, 0.4) is 0 Å². The van der Waals surface area contributed by atoms with Crippen LogP contribution in [0.2, 0.25) is 0 Å². The van der Waals surface area contributed by atoms with Gasteiger partial charge in [0.2, 0.25) is 0 Å². The Kier molecular flexibility index (Phi) is 5.92. The van der Waals surface area contributed by atoms with Gasteiger partial charge in [-0.1, -0.05) is 0 Å². The Morgan fingerprint density at radius 2 is 1.92 bits per heavy atom. The van der Waals surface area contributed by atoms with E-state index in [1.807, 2.05) is 0 Å². The SMILES string of the molecule is COC(OC)C1CC(OSOI)C1. The smallest absolute Gasteiger partial charge is 0.169 e. The molecular weight excluding hydrogens is 307 g/mol. The van der Waals surface area contributed by atoms with Crippen LogP contribution in [0.4, 0.5) is 0 Å². The lowest BCUT2D eigenvalue weighted by Crippen LogP contribution is -2.39. The van der Waals surface area contributed by atoms with Crippen LogP contribution < -0.4 is 0 Å². The lowest BCUT2D eigenvalue weighted by atomic mass is 9.82. The second kappa shape index (κ2) is 6.41. The zero-order valence-corrected chi connectivity index (χ0v) is 10.5. The minimum Gasteiger partial charge on any atom is -0.356 e. The van der Waals surface area contributed by atoms with E-state index in [1.54, 1.807) is 37.2 Å². The maximum absolute atomic E-state index is 5.27. The highest BCUT2D eigenvalue weighted by atomic mass is 127. The molecule has 1 aliphatic carbocycles. The summed E-state index contributed by atoms with van der Waals surface area (Å²) in [5.74, 6) is 0.454. The zero-order valence-electron chi connectivity index (χ0n) is 7.57. The highest BCUT2D eigenvalue weighted by molar-refractivity contribution is 14.1. The first kappa shape index (κ1) is 12.0. The first-order valence-electron chi connectivity index (χ1n) is 3.98. The highest BCUT2D eigenvalue weighted by Crippen LogP contribution is 2.36. The largest absolute Gasteiger partial charge is 0.356 e. The Balaban J connectivity index is 2.09. The summed E-state index contributed by atoms with van der Waals surface area (Å²) < 4.78 is 20.2. The molecule has 0 aromatic rings. The van der Waals surface area contributed by atoms with Crippen LogP contribution >= 0.6 is 35.3 Å². The number of rotatable bonds is 6. The average Bonchev–Trinajstić information content (AvgIpc) is 2.09. The second-order valence-corrected chi connectivity index (χ2v) is 4.45. The van der Waals surface area contributed by atoms with Crippen LogP contribution in [0.1, 0.15) is 12.8 Å². The van der Waals surface area contributed by atoms with Crippen LogP contribution in [-0.2, 0) is 16.2 Å². The average molecular weight is 320 g/mol. The summed E-state index contributed by atoms with van der Waals surface area (Å²) in [5.41, 5.74) is 0. The minimum absolute atomic E-state index is 0.0923. The van der Waals surface area contributed by atoms with Crippen molar-refractivity contribution in [2.75, 3.05) is 14.2 Å². The summed E-state index contributed by atoms with van der Waals surface area (Å²) in [6.45, 7) is 0. The lowest BCUT2D eigenvalue weighted by Gasteiger charge is -2.37. The van der Waals surface area contributed by atoms with Gasteiger partial charge in [0.1, 0.15) is 23.0 Å². The molecule has 0 atom stereocenters. The molecule has 0 unspecified atom stereocenters. The third-order valence-corrected chi connectivity index (χ3v) is 3.02. The van der Waals surface area contributed by atoms with Crippen LogP contribution in [0.25, 0.3) is 0 Å². The van der Waals surface area contributed by atoms with E-state index in [0.717, 1.165) is 25.2 Å². The lowest BCUT2D eigenvalue weighted by molar-refractivity contribution is -0.169. The molecule has 1 aliphatic rings. The van der Waals surface area contributed by atoms with Crippen molar-refractivity contribution in [2.24, 2.45) is 5.92 Å². The van der Waals surface area contributed by atoms with Crippen molar-refractivity contribution < 1.29 is 16.2 Å². The molecule has 0 aromatic heterocycles. The fourth-order valence-corrected chi connectivity index (χ4v) is 2.01. The molecule has 0 N–H and O–H groups in total. The molecule has 13 heavy (non-hydrogen) atoms. The first-order valence-corrected chi connectivity index (χ1v) is 5.53. The number of ether oxygens (including phenoxy) is 2. The first-order chi connectivity index (χ1) is 6.31. The van der Waals surface area contributed by atoms with E-state index >= 15 is 0 Å². The van der Waals surface area contributed by atoms with Crippen LogP contribution in [0, 0.1) is 5.92 Å². The maximum atomic E-state index is 5.27. The van der Waals surface area contributed by atoms with Gasteiger partial charge in [-0.2, -0.15) is 0 Å². The quantitative estimate of drug-likeness (QED) is 0.427. The van der Waals surface area contributed by atoms with Crippen molar-refractivity contribution in [2.45, 2.75) is 25.2 Å². The molecule has 0 aliphatic heterocycles. The second-order valence-electron chi connectivity index (χ2n) is 2.92. The van der Waals surface area contributed by atoms with E-state index in [9.17, 15) is 0 Å².